The molecule has 4 nitrogen and oxygen atoms in total. The number of carboxylic acid groups (broad SMARTS) is 1. The number of carboxylic acids is 1. The third kappa shape index (κ3) is 8.02. The molecule has 0 aliphatic carbocycles. The second-order valence-electron chi connectivity index (χ2n) is 4.81. The lowest BCUT2D eigenvalue weighted by atomic mass is 10.2. The van der Waals surface area contributed by atoms with Crippen molar-refractivity contribution in [1.82, 2.24) is 4.90 Å². The van der Waals surface area contributed by atoms with Crippen molar-refractivity contribution in [2.45, 2.75) is 25.7 Å². The SMILES string of the molecule is CN(CCCCC(=O)O)CCCOc1cccc(Cl)c1. The van der Waals surface area contributed by atoms with E-state index in [1.165, 1.54) is 0 Å². The van der Waals surface area contributed by atoms with E-state index in [0.29, 0.717) is 11.6 Å². The van der Waals surface area contributed by atoms with Gasteiger partial charge in [-0.25, -0.2) is 0 Å². The molecule has 0 atom stereocenters. The normalized spacial score (nSPS) is 10.8. The van der Waals surface area contributed by atoms with Crippen molar-refractivity contribution in [3.8, 4) is 5.75 Å². The van der Waals surface area contributed by atoms with Gasteiger partial charge in [-0.05, 0) is 51.1 Å². The largest absolute Gasteiger partial charge is 0.493 e. The third-order valence-corrected chi connectivity index (χ3v) is 3.16. The van der Waals surface area contributed by atoms with Crippen molar-refractivity contribution in [3.05, 3.63) is 29.3 Å². The van der Waals surface area contributed by atoms with E-state index in [1.807, 2.05) is 25.2 Å². The zero-order chi connectivity index (χ0) is 14.8. The van der Waals surface area contributed by atoms with Crippen LogP contribution < -0.4 is 4.74 Å². The summed E-state index contributed by atoms with van der Waals surface area (Å²) < 4.78 is 5.61. The first-order valence-corrected chi connectivity index (χ1v) is 7.24. The van der Waals surface area contributed by atoms with Crippen LogP contribution in [0.25, 0.3) is 0 Å². The maximum absolute atomic E-state index is 10.4. The van der Waals surface area contributed by atoms with Crippen LogP contribution in [0.1, 0.15) is 25.7 Å². The Morgan fingerprint density at radius 1 is 1.30 bits per heavy atom. The molecule has 0 radical (unpaired) electrons. The van der Waals surface area contributed by atoms with Crippen molar-refractivity contribution in [2.24, 2.45) is 0 Å². The maximum atomic E-state index is 10.4. The number of aliphatic carboxylic acids is 1. The molecule has 0 aliphatic heterocycles. The number of halogens is 1. The molecule has 0 saturated carbocycles. The van der Waals surface area contributed by atoms with E-state index in [4.69, 9.17) is 21.4 Å². The minimum atomic E-state index is -0.720. The summed E-state index contributed by atoms with van der Waals surface area (Å²) in [5.41, 5.74) is 0. The summed E-state index contributed by atoms with van der Waals surface area (Å²) in [5, 5.41) is 9.22. The van der Waals surface area contributed by atoms with Crippen molar-refractivity contribution >= 4 is 17.6 Å². The van der Waals surface area contributed by atoms with Gasteiger partial charge in [0.25, 0.3) is 0 Å². The molecule has 1 N–H and O–H groups in total. The number of nitrogens with zero attached hydrogens (tertiary/aromatic N) is 1. The first kappa shape index (κ1) is 16.8. The molecule has 0 fully saturated rings. The summed E-state index contributed by atoms with van der Waals surface area (Å²) in [5.74, 6) is 0.0733. The molecule has 0 spiro atoms. The van der Waals surface area contributed by atoms with E-state index in [2.05, 4.69) is 4.90 Å². The minimum absolute atomic E-state index is 0.256. The Morgan fingerprint density at radius 3 is 2.75 bits per heavy atom. The lowest BCUT2D eigenvalue weighted by Crippen LogP contribution is -2.22. The van der Waals surface area contributed by atoms with Gasteiger partial charge in [0.05, 0.1) is 6.61 Å². The van der Waals surface area contributed by atoms with Crippen LogP contribution in [0.15, 0.2) is 24.3 Å². The van der Waals surface area contributed by atoms with E-state index in [1.54, 1.807) is 6.07 Å². The molecule has 112 valence electrons. The monoisotopic (exact) mass is 299 g/mol. The summed E-state index contributed by atoms with van der Waals surface area (Å²) in [6, 6.07) is 7.38. The Labute approximate surface area is 125 Å². The Balaban J connectivity index is 2.04. The zero-order valence-corrected chi connectivity index (χ0v) is 12.6. The van der Waals surface area contributed by atoms with Crippen LogP contribution in [0.4, 0.5) is 0 Å². The summed E-state index contributed by atoms with van der Waals surface area (Å²) >= 11 is 5.87. The fourth-order valence-electron chi connectivity index (χ4n) is 1.85. The number of unbranched alkanes of at least 4 members (excludes halogenated alkanes) is 1. The van der Waals surface area contributed by atoms with Gasteiger partial charge in [0, 0.05) is 18.0 Å². The molecule has 0 bridgehead atoms. The van der Waals surface area contributed by atoms with Crippen molar-refractivity contribution < 1.29 is 14.6 Å². The summed E-state index contributed by atoms with van der Waals surface area (Å²) in [4.78, 5) is 12.6. The Morgan fingerprint density at radius 2 is 2.05 bits per heavy atom. The molecule has 1 aromatic rings. The molecule has 0 aliphatic rings. The molecule has 20 heavy (non-hydrogen) atoms. The van der Waals surface area contributed by atoms with E-state index < -0.39 is 5.97 Å². The molecule has 0 saturated heterocycles. The molecule has 1 rings (SSSR count). The highest BCUT2D eigenvalue weighted by molar-refractivity contribution is 6.30. The molecular formula is C15H22ClNO3. The van der Waals surface area contributed by atoms with Crippen LogP contribution in [0.3, 0.4) is 0 Å². The fraction of sp³-hybridized carbons (Fsp3) is 0.533. The van der Waals surface area contributed by atoms with Gasteiger partial charge in [0.15, 0.2) is 0 Å². The summed E-state index contributed by atoms with van der Waals surface area (Å²) in [7, 11) is 2.04. The van der Waals surface area contributed by atoms with Crippen LogP contribution in [0, 0.1) is 0 Å². The smallest absolute Gasteiger partial charge is 0.303 e. The van der Waals surface area contributed by atoms with Gasteiger partial charge in [0.1, 0.15) is 5.75 Å². The Hall–Kier alpha value is -1.26. The molecule has 1 aromatic carbocycles. The van der Waals surface area contributed by atoms with Crippen LogP contribution >= 0.6 is 11.6 Å². The van der Waals surface area contributed by atoms with E-state index >= 15 is 0 Å². The zero-order valence-electron chi connectivity index (χ0n) is 11.8. The Bertz CT molecular complexity index is 412. The average molecular weight is 300 g/mol. The van der Waals surface area contributed by atoms with Gasteiger partial charge in [-0.15, -0.1) is 0 Å². The van der Waals surface area contributed by atoms with Crippen LogP contribution in [0.2, 0.25) is 5.02 Å². The first-order valence-electron chi connectivity index (χ1n) is 6.86. The van der Waals surface area contributed by atoms with E-state index in [0.717, 1.165) is 38.1 Å². The quantitative estimate of drug-likeness (QED) is 0.674. The number of hydrogen-bond acceptors (Lipinski definition) is 3. The molecule has 0 heterocycles. The number of rotatable bonds is 10. The van der Waals surface area contributed by atoms with Crippen LogP contribution in [-0.4, -0.2) is 42.7 Å². The molecule has 0 amide bonds. The average Bonchev–Trinajstić information content (AvgIpc) is 2.40. The Kier molecular flexibility index (Phi) is 8.07. The van der Waals surface area contributed by atoms with Crippen molar-refractivity contribution in [3.63, 3.8) is 0 Å². The van der Waals surface area contributed by atoms with E-state index in [9.17, 15) is 4.79 Å². The fourth-order valence-corrected chi connectivity index (χ4v) is 2.03. The third-order valence-electron chi connectivity index (χ3n) is 2.93. The number of benzene rings is 1. The number of hydrogen-bond donors (Lipinski definition) is 1. The second-order valence-corrected chi connectivity index (χ2v) is 5.25. The highest BCUT2D eigenvalue weighted by Gasteiger charge is 2.01. The highest BCUT2D eigenvalue weighted by Crippen LogP contribution is 2.17. The van der Waals surface area contributed by atoms with Gasteiger partial charge in [-0.3, -0.25) is 4.79 Å². The van der Waals surface area contributed by atoms with Gasteiger partial charge in [-0.2, -0.15) is 0 Å². The maximum Gasteiger partial charge on any atom is 0.303 e. The lowest BCUT2D eigenvalue weighted by molar-refractivity contribution is -0.137. The van der Waals surface area contributed by atoms with Crippen molar-refractivity contribution in [2.75, 3.05) is 26.7 Å². The predicted octanol–water partition coefficient (Wildman–Crippen LogP) is 3.30. The summed E-state index contributed by atoms with van der Waals surface area (Å²) in [6.07, 6.45) is 2.84. The van der Waals surface area contributed by atoms with Gasteiger partial charge in [-0.1, -0.05) is 17.7 Å². The van der Waals surface area contributed by atoms with E-state index in [-0.39, 0.29) is 6.42 Å². The number of carbonyl (C=O) groups is 1. The topological polar surface area (TPSA) is 49.8 Å². The highest BCUT2D eigenvalue weighted by atomic mass is 35.5. The van der Waals surface area contributed by atoms with Crippen LogP contribution in [0.5, 0.6) is 5.75 Å². The molecule has 0 aromatic heterocycles. The van der Waals surface area contributed by atoms with Crippen LogP contribution in [-0.2, 0) is 4.79 Å². The minimum Gasteiger partial charge on any atom is -0.493 e. The molecule has 0 unspecified atom stereocenters. The first-order chi connectivity index (χ1) is 9.58. The van der Waals surface area contributed by atoms with Crippen molar-refractivity contribution in [1.29, 1.82) is 0 Å². The molecular weight excluding hydrogens is 278 g/mol. The lowest BCUT2D eigenvalue weighted by Gasteiger charge is -2.16. The predicted molar refractivity (Wildman–Crippen MR) is 80.5 cm³/mol. The standard InChI is InChI=1S/C15H22ClNO3/c1-17(9-3-2-8-15(18)19)10-5-11-20-14-7-4-6-13(16)12-14/h4,6-7,12H,2-3,5,8-11H2,1H3,(H,18,19). The second kappa shape index (κ2) is 9.61. The van der Waals surface area contributed by atoms with Gasteiger partial charge < -0.3 is 14.7 Å². The summed E-state index contributed by atoms with van der Waals surface area (Å²) in [6.45, 7) is 2.51. The number of ether oxygens (including phenoxy) is 1. The van der Waals surface area contributed by atoms with Gasteiger partial charge >= 0.3 is 5.97 Å². The molecule has 5 heteroatoms. The van der Waals surface area contributed by atoms with Gasteiger partial charge in [0.2, 0.25) is 0 Å².